The van der Waals surface area contributed by atoms with Crippen molar-refractivity contribution in [2.45, 2.75) is 30.8 Å². The number of hydrogen-bond acceptors (Lipinski definition) is 4. The Morgan fingerprint density at radius 3 is 2.12 bits per heavy atom. The summed E-state index contributed by atoms with van der Waals surface area (Å²) in [7, 11) is -2.78. The third-order valence-corrected chi connectivity index (χ3v) is 9.56. The third-order valence-electron chi connectivity index (χ3n) is 6.88. The molecule has 0 aliphatic heterocycles. The summed E-state index contributed by atoms with van der Waals surface area (Å²) in [6.07, 6.45) is 0.175. The van der Waals surface area contributed by atoms with Crippen molar-refractivity contribution in [1.29, 1.82) is 0 Å². The highest BCUT2D eigenvalue weighted by Crippen LogP contribution is 2.31. The van der Waals surface area contributed by atoms with Crippen molar-refractivity contribution in [3.8, 4) is 0 Å². The van der Waals surface area contributed by atoms with Crippen LogP contribution in [0.1, 0.15) is 16.7 Å². The van der Waals surface area contributed by atoms with E-state index in [1.54, 1.807) is 48.5 Å². The first kappa shape index (κ1) is 32.4. The number of amides is 2. The van der Waals surface area contributed by atoms with Crippen LogP contribution in [0.15, 0.2) is 102 Å². The lowest BCUT2D eigenvalue weighted by atomic mass is 10.0. The van der Waals surface area contributed by atoms with E-state index < -0.39 is 34.4 Å². The Kier molecular flexibility index (Phi) is 10.7. The number of carbonyl (C=O) groups is 2. The van der Waals surface area contributed by atoms with E-state index in [4.69, 9.17) is 34.8 Å². The minimum absolute atomic E-state index is 0.00903. The van der Waals surface area contributed by atoms with E-state index in [0.717, 1.165) is 15.4 Å². The van der Waals surface area contributed by atoms with Crippen LogP contribution in [0.3, 0.4) is 0 Å². The average Bonchev–Trinajstić information content (AvgIpc) is 2.99. The fraction of sp³-hybridized carbons (Fsp3) is 0.188. The van der Waals surface area contributed by atoms with Gasteiger partial charge in [-0.1, -0.05) is 101 Å². The fourth-order valence-corrected chi connectivity index (χ4v) is 6.75. The molecule has 0 saturated carbocycles. The van der Waals surface area contributed by atoms with Crippen LogP contribution >= 0.6 is 34.8 Å². The molecule has 0 saturated heterocycles. The van der Waals surface area contributed by atoms with Gasteiger partial charge < -0.3 is 10.2 Å². The van der Waals surface area contributed by atoms with Gasteiger partial charge in [0, 0.05) is 30.1 Å². The number of likely N-dealkylation sites (N-methyl/N-ethyl adjacent to an activating group) is 1. The monoisotopic (exact) mass is 657 g/mol. The minimum atomic E-state index is -4.26. The third kappa shape index (κ3) is 7.89. The molecule has 1 N–H and O–H groups in total. The van der Waals surface area contributed by atoms with Gasteiger partial charge in [0.15, 0.2) is 0 Å². The first-order valence-electron chi connectivity index (χ1n) is 13.3. The zero-order valence-corrected chi connectivity index (χ0v) is 26.6. The molecule has 0 heterocycles. The molecule has 0 unspecified atom stereocenters. The maximum atomic E-state index is 14.3. The summed E-state index contributed by atoms with van der Waals surface area (Å²) in [6, 6.07) is 25.8. The number of carbonyl (C=O) groups excluding carboxylic acids is 2. The highest BCUT2D eigenvalue weighted by atomic mass is 35.5. The summed E-state index contributed by atoms with van der Waals surface area (Å²) in [5, 5.41) is 3.50. The van der Waals surface area contributed by atoms with Gasteiger partial charge in [0.2, 0.25) is 11.8 Å². The van der Waals surface area contributed by atoms with Crippen LogP contribution in [0.4, 0.5) is 5.69 Å². The van der Waals surface area contributed by atoms with Gasteiger partial charge in [-0.15, -0.1) is 0 Å². The summed E-state index contributed by atoms with van der Waals surface area (Å²) < 4.78 is 29.0. The summed E-state index contributed by atoms with van der Waals surface area (Å²) in [6.45, 7) is 1.13. The molecule has 4 aromatic carbocycles. The zero-order valence-electron chi connectivity index (χ0n) is 23.5. The Bertz CT molecular complexity index is 1700. The molecule has 0 bridgehead atoms. The number of sulfonamides is 1. The number of para-hydroxylation sites is 1. The van der Waals surface area contributed by atoms with Crippen molar-refractivity contribution < 1.29 is 18.0 Å². The van der Waals surface area contributed by atoms with Crippen molar-refractivity contribution in [1.82, 2.24) is 10.2 Å². The van der Waals surface area contributed by atoms with Crippen LogP contribution in [0.2, 0.25) is 15.1 Å². The van der Waals surface area contributed by atoms with E-state index in [-0.39, 0.29) is 28.6 Å². The number of halogens is 3. The number of benzene rings is 4. The number of rotatable bonds is 11. The Balaban J connectivity index is 1.81. The molecule has 1 atom stereocenters. The van der Waals surface area contributed by atoms with Crippen LogP contribution < -0.4 is 9.62 Å². The van der Waals surface area contributed by atoms with Gasteiger partial charge in [0.1, 0.15) is 12.6 Å². The predicted octanol–water partition coefficient (Wildman–Crippen LogP) is 6.54. The summed E-state index contributed by atoms with van der Waals surface area (Å²) in [4.78, 5) is 29.0. The van der Waals surface area contributed by atoms with E-state index in [2.05, 4.69) is 5.32 Å². The predicted molar refractivity (Wildman–Crippen MR) is 172 cm³/mol. The maximum absolute atomic E-state index is 14.3. The second-order valence-electron chi connectivity index (χ2n) is 9.85. The molecule has 0 aliphatic carbocycles. The molecule has 224 valence electrons. The van der Waals surface area contributed by atoms with E-state index >= 15 is 0 Å². The standard InChI is InChI=1S/C32H30Cl3N3O4S/c1-22-12-16-26(17-13-22)43(41,42)38(29-11-7-6-10-27(29)34)21-31(39)37(20-24-14-15-25(33)19-28(24)35)30(32(40)36-2)18-23-8-4-3-5-9-23/h3-17,19,30H,18,20-21H2,1-2H3,(H,36,40)/t30-/m0/s1. The molecular weight excluding hydrogens is 629 g/mol. The van der Waals surface area contributed by atoms with Gasteiger partial charge in [-0.05, 0) is 54.4 Å². The van der Waals surface area contributed by atoms with Crippen LogP contribution in [0.25, 0.3) is 0 Å². The molecule has 0 fully saturated rings. The SMILES string of the molecule is CNC(=O)[C@H](Cc1ccccc1)N(Cc1ccc(Cl)cc1Cl)C(=O)CN(c1ccccc1Cl)S(=O)(=O)c1ccc(C)cc1. The van der Waals surface area contributed by atoms with Crippen LogP contribution in [-0.2, 0) is 32.6 Å². The van der Waals surface area contributed by atoms with Gasteiger partial charge in [0.25, 0.3) is 10.0 Å². The summed E-state index contributed by atoms with van der Waals surface area (Å²) in [5.41, 5.74) is 2.35. The lowest BCUT2D eigenvalue weighted by Gasteiger charge is -2.34. The quantitative estimate of drug-likeness (QED) is 0.198. The zero-order chi connectivity index (χ0) is 31.1. The number of nitrogens with zero attached hydrogens (tertiary/aromatic N) is 2. The molecule has 4 rings (SSSR count). The molecule has 0 spiro atoms. The fourth-order valence-electron chi connectivity index (χ4n) is 4.56. The Labute approximate surface area is 267 Å². The second-order valence-corrected chi connectivity index (χ2v) is 13.0. The van der Waals surface area contributed by atoms with E-state index in [0.29, 0.717) is 15.6 Å². The van der Waals surface area contributed by atoms with E-state index in [1.807, 2.05) is 37.3 Å². The van der Waals surface area contributed by atoms with Crippen LogP contribution in [-0.4, -0.2) is 44.8 Å². The molecule has 0 aliphatic rings. The van der Waals surface area contributed by atoms with Gasteiger partial charge in [0.05, 0.1) is 15.6 Å². The lowest BCUT2D eigenvalue weighted by molar-refractivity contribution is -0.139. The van der Waals surface area contributed by atoms with E-state index in [9.17, 15) is 18.0 Å². The Morgan fingerprint density at radius 2 is 1.49 bits per heavy atom. The van der Waals surface area contributed by atoms with Crippen molar-refractivity contribution >= 4 is 62.3 Å². The highest BCUT2D eigenvalue weighted by molar-refractivity contribution is 7.92. The summed E-state index contributed by atoms with van der Waals surface area (Å²) in [5.74, 6) is -1.06. The molecule has 4 aromatic rings. The maximum Gasteiger partial charge on any atom is 0.264 e. The summed E-state index contributed by atoms with van der Waals surface area (Å²) >= 11 is 19.1. The molecule has 2 amide bonds. The minimum Gasteiger partial charge on any atom is -0.357 e. The molecule has 7 nitrogen and oxygen atoms in total. The van der Waals surface area contributed by atoms with E-state index in [1.165, 1.54) is 30.1 Å². The average molecular weight is 659 g/mol. The number of anilines is 1. The molecule has 0 aromatic heterocycles. The first-order chi connectivity index (χ1) is 20.5. The van der Waals surface area contributed by atoms with Crippen LogP contribution in [0.5, 0.6) is 0 Å². The number of aryl methyl sites for hydroxylation is 1. The second kappa shape index (κ2) is 14.3. The van der Waals surface area contributed by atoms with Crippen molar-refractivity contribution in [3.05, 3.63) is 129 Å². The smallest absolute Gasteiger partial charge is 0.264 e. The van der Waals surface area contributed by atoms with Crippen LogP contribution in [0, 0.1) is 6.92 Å². The van der Waals surface area contributed by atoms with Crippen molar-refractivity contribution in [2.24, 2.45) is 0 Å². The molecule has 0 radical (unpaired) electrons. The van der Waals surface area contributed by atoms with Crippen molar-refractivity contribution in [2.75, 3.05) is 17.9 Å². The topological polar surface area (TPSA) is 86.8 Å². The number of hydrogen-bond donors (Lipinski definition) is 1. The molecular formula is C32H30Cl3N3O4S. The van der Waals surface area contributed by atoms with Crippen molar-refractivity contribution in [3.63, 3.8) is 0 Å². The molecule has 43 heavy (non-hydrogen) atoms. The van der Waals surface area contributed by atoms with Gasteiger partial charge in [-0.2, -0.15) is 0 Å². The van der Waals surface area contributed by atoms with Gasteiger partial charge in [-0.3, -0.25) is 13.9 Å². The Hall–Kier alpha value is -3.56. The highest BCUT2D eigenvalue weighted by Gasteiger charge is 2.35. The first-order valence-corrected chi connectivity index (χ1v) is 15.9. The number of nitrogens with one attached hydrogen (secondary N) is 1. The lowest BCUT2D eigenvalue weighted by Crippen LogP contribution is -2.53. The Morgan fingerprint density at radius 1 is 0.837 bits per heavy atom. The normalized spacial score (nSPS) is 11.9. The largest absolute Gasteiger partial charge is 0.357 e. The van der Waals surface area contributed by atoms with Gasteiger partial charge >= 0.3 is 0 Å². The van der Waals surface area contributed by atoms with Gasteiger partial charge in [-0.25, -0.2) is 8.42 Å². The molecule has 11 heteroatoms.